The number of aliphatic hydroxyl groups is 2. The fourth-order valence-corrected chi connectivity index (χ4v) is 3.55. The number of hydrogen-bond donors (Lipinski definition) is 2. The molecule has 144 valence electrons. The van der Waals surface area contributed by atoms with Crippen LogP contribution in [0.25, 0.3) is 0 Å². The van der Waals surface area contributed by atoms with Gasteiger partial charge in [-0.25, -0.2) is 8.42 Å². The Morgan fingerprint density at radius 2 is 1.54 bits per heavy atom. The van der Waals surface area contributed by atoms with Gasteiger partial charge in [0.1, 0.15) is 10.1 Å². The Bertz CT molecular complexity index is 595. The molecule has 1 aromatic rings. The van der Waals surface area contributed by atoms with Crippen LogP contribution in [0.4, 0.5) is 5.69 Å². The number of nitrogens with zero attached hydrogens (tertiary/aromatic N) is 1. The van der Waals surface area contributed by atoms with Gasteiger partial charge < -0.3 is 19.7 Å². The van der Waals surface area contributed by atoms with E-state index < -0.39 is 10.1 Å². The van der Waals surface area contributed by atoms with Crippen molar-refractivity contribution >= 4 is 15.8 Å². The van der Waals surface area contributed by atoms with E-state index in [1.54, 1.807) is 6.07 Å². The maximum Gasteiger partial charge on any atom is 1.00 e. The van der Waals surface area contributed by atoms with Gasteiger partial charge in [0.05, 0.1) is 30.2 Å². The third-order valence-corrected chi connectivity index (χ3v) is 5.23. The van der Waals surface area contributed by atoms with E-state index in [9.17, 15) is 23.2 Å². The Labute approximate surface area is 200 Å². The second kappa shape index (κ2) is 13.6. The van der Waals surface area contributed by atoms with Crippen LogP contribution in [0.2, 0.25) is 0 Å². The van der Waals surface area contributed by atoms with Gasteiger partial charge in [0.25, 0.3) is 0 Å². The van der Waals surface area contributed by atoms with Crippen molar-refractivity contribution in [3.8, 4) is 0 Å². The summed E-state index contributed by atoms with van der Waals surface area (Å²) in [6, 6.07) is 5.38. The first-order valence-electron chi connectivity index (χ1n) is 8.95. The monoisotopic (exact) mass is 411 g/mol. The van der Waals surface area contributed by atoms with E-state index in [2.05, 4.69) is 13.8 Å². The summed E-state index contributed by atoms with van der Waals surface area (Å²) in [6.45, 7) is 3.92. The Morgan fingerprint density at radius 1 is 1.04 bits per heavy atom. The molecule has 1 rings (SSSR count). The Balaban J connectivity index is 0.00000625. The molecule has 0 amide bonds. The summed E-state index contributed by atoms with van der Waals surface area (Å²) in [4.78, 5) is 1.59. The van der Waals surface area contributed by atoms with Crippen LogP contribution in [0.5, 0.6) is 0 Å². The van der Waals surface area contributed by atoms with Crippen LogP contribution < -0.4 is 56.3 Å². The molecule has 2 N–H and O–H groups in total. The molecular weight excluding hydrogens is 381 g/mol. The third-order valence-electron chi connectivity index (χ3n) is 4.39. The maximum atomic E-state index is 11.4. The number of anilines is 1. The molecule has 0 aliphatic rings. The van der Waals surface area contributed by atoms with Crippen molar-refractivity contribution < 1.29 is 74.6 Å². The molecule has 0 bridgehead atoms. The Morgan fingerprint density at radius 3 is 1.92 bits per heavy atom. The van der Waals surface area contributed by atoms with E-state index in [0.29, 0.717) is 5.69 Å². The van der Waals surface area contributed by atoms with Crippen molar-refractivity contribution in [3.63, 3.8) is 0 Å². The van der Waals surface area contributed by atoms with Crippen LogP contribution in [-0.2, 0) is 10.1 Å². The predicted molar refractivity (Wildman–Crippen MR) is 97.7 cm³/mol. The molecule has 2 atom stereocenters. The zero-order valence-corrected chi connectivity index (χ0v) is 20.0. The molecule has 0 spiro atoms. The van der Waals surface area contributed by atoms with Crippen molar-refractivity contribution in [2.24, 2.45) is 0 Å². The van der Waals surface area contributed by atoms with Crippen LogP contribution >= 0.6 is 0 Å². The fraction of sp³-hybridized carbons (Fsp3) is 0.667. The SMILES string of the molecule is CCCCC(CO)N(c1cccc(S(=O)(=O)[O-])c1)C(CO)CCCC.[K+]. The number of aliphatic hydroxyl groups excluding tert-OH is 2. The molecule has 6 nitrogen and oxygen atoms in total. The minimum Gasteiger partial charge on any atom is -0.744 e. The van der Waals surface area contributed by atoms with Gasteiger partial charge in [0.2, 0.25) is 0 Å². The first kappa shape index (κ1) is 26.5. The van der Waals surface area contributed by atoms with Crippen LogP contribution in [0.3, 0.4) is 0 Å². The van der Waals surface area contributed by atoms with E-state index in [1.807, 2.05) is 4.90 Å². The van der Waals surface area contributed by atoms with Gasteiger partial charge in [0.15, 0.2) is 0 Å². The van der Waals surface area contributed by atoms with Gasteiger partial charge in [-0.3, -0.25) is 0 Å². The van der Waals surface area contributed by atoms with E-state index in [0.717, 1.165) is 38.5 Å². The quantitative estimate of drug-likeness (QED) is 0.355. The largest absolute Gasteiger partial charge is 1.00 e. The first-order valence-corrected chi connectivity index (χ1v) is 10.4. The number of unbranched alkanes of at least 4 members (excludes halogenated alkanes) is 2. The van der Waals surface area contributed by atoms with Crippen LogP contribution in [0.15, 0.2) is 29.2 Å². The topological polar surface area (TPSA) is 101 Å². The average molecular weight is 412 g/mol. The van der Waals surface area contributed by atoms with Gasteiger partial charge >= 0.3 is 51.4 Å². The van der Waals surface area contributed by atoms with Gasteiger partial charge in [-0.15, -0.1) is 0 Å². The van der Waals surface area contributed by atoms with Crippen molar-refractivity contribution in [3.05, 3.63) is 24.3 Å². The van der Waals surface area contributed by atoms with Gasteiger partial charge in [0, 0.05) is 5.69 Å². The van der Waals surface area contributed by atoms with Crippen LogP contribution in [-0.4, -0.2) is 48.5 Å². The number of hydrogen-bond acceptors (Lipinski definition) is 6. The molecule has 0 aliphatic heterocycles. The zero-order valence-electron chi connectivity index (χ0n) is 16.1. The minimum absolute atomic E-state index is 0. The Kier molecular flexibility index (Phi) is 13.9. The number of benzene rings is 1. The number of rotatable bonds is 12. The maximum absolute atomic E-state index is 11.4. The van der Waals surface area contributed by atoms with Crippen molar-refractivity contribution in [1.29, 1.82) is 0 Å². The molecule has 0 heterocycles. The third kappa shape index (κ3) is 8.24. The zero-order chi connectivity index (χ0) is 18.9. The minimum atomic E-state index is -4.56. The summed E-state index contributed by atoms with van der Waals surface area (Å²) < 4.78 is 34.1. The van der Waals surface area contributed by atoms with Gasteiger partial charge in [-0.05, 0) is 31.0 Å². The van der Waals surface area contributed by atoms with E-state index in [4.69, 9.17) is 0 Å². The standard InChI is InChI=1S/C18H31NO5S.K/c1-3-5-8-16(13-20)19(17(14-21)9-6-4-2)15-10-7-11-18(12-15)25(22,23)24;/h7,10-12,16-17,20-21H,3-6,8-9,13-14H2,1-2H3,(H,22,23,24);/q;+1/p-1. The average Bonchev–Trinajstić information content (AvgIpc) is 2.60. The van der Waals surface area contributed by atoms with E-state index in [-0.39, 0.29) is 81.6 Å². The van der Waals surface area contributed by atoms with Crippen LogP contribution in [0.1, 0.15) is 52.4 Å². The first-order chi connectivity index (χ1) is 11.9. The molecule has 0 radical (unpaired) electrons. The molecular formula is C18H30KNO5S. The molecule has 0 aliphatic carbocycles. The molecule has 1 aromatic carbocycles. The second-order valence-electron chi connectivity index (χ2n) is 6.32. The van der Waals surface area contributed by atoms with Crippen molar-refractivity contribution in [1.82, 2.24) is 0 Å². The van der Waals surface area contributed by atoms with Gasteiger partial charge in [-0.1, -0.05) is 45.6 Å². The smallest absolute Gasteiger partial charge is 0.744 e. The van der Waals surface area contributed by atoms with E-state index >= 15 is 0 Å². The summed E-state index contributed by atoms with van der Waals surface area (Å²) in [5.41, 5.74) is 0.544. The van der Waals surface area contributed by atoms with Crippen LogP contribution in [0, 0.1) is 0 Å². The fourth-order valence-electron chi connectivity index (χ4n) is 3.04. The molecule has 0 fully saturated rings. The van der Waals surface area contributed by atoms with Gasteiger partial charge in [-0.2, -0.15) is 0 Å². The Hall–Kier alpha value is 0.486. The summed E-state index contributed by atoms with van der Waals surface area (Å²) in [7, 11) is -4.56. The normalized spacial score (nSPS) is 13.7. The molecule has 8 heteroatoms. The predicted octanol–water partition coefficient (Wildman–Crippen LogP) is -0.497. The summed E-state index contributed by atoms with van der Waals surface area (Å²) in [6.07, 6.45) is 5.21. The second-order valence-corrected chi connectivity index (χ2v) is 7.70. The summed E-state index contributed by atoms with van der Waals surface area (Å²) in [5.74, 6) is 0. The molecule has 0 saturated heterocycles. The summed E-state index contributed by atoms with van der Waals surface area (Å²) in [5, 5.41) is 19.8. The van der Waals surface area contributed by atoms with E-state index in [1.165, 1.54) is 18.2 Å². The van der Waals surface area contributed by atoms with Crippen molar-refractivity contribution in [2.45, 2.75) is 69.4 Å². The molecule has 0 aromatic heterocycles. The molecule has 26 heavy (non-hydrogen) atoms. The van der Waals surface area contributed by atoms with Crippen molar-refractivity contribution in [2.75, 3.05) is 18.1 Å². The summed E-state index contributed by atoms with van der Waals surface area (Å²) >= 11 is 0. The molecule has 0 saturated carbocycles. The molecule has 2 unspecified atom stereocenters.